The Labute approximate surface area is 190 Å². The van der Waals surface area contributed by atoms with Crippen molar-refractivity contribution in [2.45, 2.75) is 32.6 Å². The third kappa shape index (κ3) is 5.44. The maximum absolute atomic E-state index is 13.3. The summed E-state index contributed by atoms with van der Waals surface area (Å²) in [6.45, 7) is 3.89. The quantitative estimate of drug-likeness (QED) is 0.349. The molecule has 3 aromatic heterocycles. The van der Waals surface area contributed by atoms with Crippen LogP contribution >= 0.6 is 0 Å². The van der Waals surface area contributed by atoms with Crippen LogP contribution in [0.2, 0.25) is 0 Å². The van der Waals surface area contributed by atoms with Gasteiger partial charge in [0.15, 0.2) is 11.5 Å². The van der Waals surface area contributed by atoms with Crippen molar-refractivity contribution >= 4 is 29.0 Å². The topological polar surface area (TPSA) is 146 Å². The van der Waals surface area contributed by atoms with Crippen LogP contribution < -0.4 is 10.6 Å². The number of carbonyl (C=O) groups excluding carboxylic acids is 2. The number of hydrogen-bond acceptors (Lipinski definition) is 9. The van der Waals surface area contributed by atoms with E-state index in [0.29, 0.717) is 10.8 Å². The molecule has 33 heavy (non-hydrogen) atoms. The van der Waals surface area contributed by atoms with Crippen molar-refractivity contribution in [2.75, 3.05) is 17.2 Å². The zero-order valence-corrected chi connectivity index (χ0v) is 18.3. The predicted molar refractivity (Wildman–Crippen MR) is 119 cm³/mol. The Morgan fingerprint density at radius 2 is 1.91 bits per heavy atom. The van der Waals surface area contributed by atoms with Gasteiger partial charge in [0.1, 0.15) is 6.33 Å². The van der Waals surface area contributed by atoms with E-state index in [2.05, 4.69) is 35.6 Å². The summed E-state index contributed by atoms with van der Waals surface area (Å²) in [7, 11) is 0. The van der Waals surface area contributed by atoms with Crippen LogP contribution in [-0.4, -0.2) is 53.5 Å². The van der Waals surface area contributed by atoms with Crippen LogP contribution in [-0.2, 0) is 0 Å². The number of hydrogen-bond donors (Lipinski definition) is 3. The average Bonchev–Trinajstić information content (AvgIpc) is 3.65. The number of nitrogens with one attached hydrogen (secondary N) is 2. The molecule has 1 aliphatic carbocycles. The SMILES string of the molecule is CC(C)CN(O)C(=O)c1cnccc1NC(=O)c1nc(C2CC2)cnc1Nc1cncnc1. The van der Waals surface area contributed by atoms with Gasteiger partial charge in [0.05, 0.1) is 47.8 Å². The number of anilines is 3. The van der Waals surface area contributed by atoms with Gasteiger partial charge in [-0.25, -0.2) is 25.0 Å². The van der Waals surface area contributed by atoms with Gasteiger partial charge < -0.3 is 10.6 Å². The van der Waals surface area contributed by atoms with Crippen LogP contribution in [0.1, 0.15) is 59.1 Å². The summed E-state index contributed by atoms with van der Waals surface area (Å²) in [5.74, 6) is -0.639. The van der Waals surface area contributed by atoms with Crippen LogP contribution in [0.3, 0.4) is 0 Å². The number of hydroxylamine groups is 2. The summed E-state index contributed by atoms with van der Waals surface area (Å²) in [5.41, 5.74) is 1.62. The van der Waals surface area contributed by atoms with Gasteiger partial charge in [-0.15, -0.1) is 0 Å². The van der Waals surface area contributed by atoms with E-state index in [0.717, 1.165) is 18.5 Å². The fraction of sp³-hybridized carbons (Fsp3) is 0.318. The first-order valence-corrected chi connectivity index (χ1v) is 10.6. The van der Waals surface area contributed by atoms with E-state index in [1.807, 2.05) is 13.8 Å². The molecule has 1 fully saturated rings. The molecule has 3 heterocycles. The normalized spacial score (nSPS) is 13.0. The molecule has 11 nitrogen and oxygen atoms in total. The molecule has 0 atom stereocenters. The molecule has 2 amide bonds. The van der Waals surface area contributed by atoms with Gasteiger partial charge in [0.25, 0.3) is 11.8 Å². The first kappa shape index (κ1) is 22.2. The summed E-state index contributed by atoms with van der Waals surface area (Å²) in [6.07, 6.45) is 10.9. The highest BCUT2D eigenvalue weighted by Gasteiger charge is 2.28. The first-order chi connectivity index (χ1) is 15.9. The molecule has 0 bridgehead atoms. The molecule has 11 heteroatoms. The standard InChI is InChI=1S/C22H24N8O3/c1-13(2)11-30(33)22(32)16-9-23-6-5-17(16)29-21(31)19-20(27-15-7-24-12-25-8-15)26-10-18(28-19)14-3-4-14/h5-10,12-14,33H,3-4,11H2,1-2H3,(H,26,27)(H,23,29,31). The maximum atomic E-state index is 13.3. The zero-order valence-electron chi connectivity index (χ0n) is 18.3. The first-order valence-electron chi connectivity index (χ1n) is 10.6. The molecule has 3 N–H and O–H groups in total. The number of carbonyl (C=O) groups is 2. The lowest BCUT2D eigenvalue weighted by molar-refractivity contribution is -0.0647. The van der Waals surface area contributed by atoms with Crippen LogP contribution in [0, 0.1) is 5.92 Å². The van der Waals surface area contributed by atoms with Crippen LogP contribution in [0.5, 0.6) is 0 Å². The third-order valence-corrected chi connectivity index (χ3v) is 4.90. The molecule has 1 aliphatic rings. The van der Waals surface area contributed by atoms with Gasteiger partial charge in [0, 0.05) is 18.3 Å². The molecule has 0 spiro atoms. The van der Waals surface area contributed by atoms with Crippen molar-refractivity contribution in [3.8, 4) is 0 Å². The Morgan fingerprint density at radius 3 is 2.61 bits per heavy atom. The Hall–Kier alpha value is -3.99. The van der Waals surface area contributed by atoms with Crippen LogP contribution in [0.25, 0.3) is 0 Å². The van der Waals surface area contributed by atoms with E-state index >= 15 is 0 Å². The van der Waals surface area contributed by atoms with E-state index in [9.17, 15) is 14.8 Å². The van der Waals surface area contributed by atoms with E-state index in [4.69, 9.17) is 0 Å². The van der Waals surface area contributed by atoms with Gasteiger partial charge in [-0.05, 0) is 24.8 Å². The van der Waals surface area contributed by atoms with Gasteiger partial charge in [-0.1, -0.05) is 13.8 Å². The van der Waals surface area contributed by atoms with E-state index in [1.165, 1.54) is 24.8 Å². The lowest BCUT2D eigenvalue weighted by Crippen LogP contribution is -2.32. The number of amides is 2. The summed E-state index contributed by atoms with van der Waals surface area (Å²) in [6, 6.07) is 1.49. The van der Waals surface area contributed by atoms with Gasteiger partial charge >= 0.3 is 0 Å². The molecule has 0 radical (unpaired) electrons. The van der Waals surface area contributed by atoms with Gasteiger partial charge in [-0.2, -0.15) is 0 Å². The maximum Gasteiger partial charge on any atom is 0.280 e. The zero-order chi connectivity index (χ0) is 23.4. The van der Waals surface area contributed by atoms with Crippen molar-refractivity contribution in [1.29, 1.82) is 0 Å². The van der Waals surface area contributed by atoms with Crippen molar-refractivity contribution < 1.29 is 14.8 Å². The van der Waals surface area contributed by atoms with Crippen molar-refractivity contribution in [3.63, 3.8) is 0 Å². The number of aromatic nitrogens is 5. The molecule has 170 valence electrons. The molecular weight excluding hydrogens is 424 g/mol. The predicted octanol–water partition coefficient (Wildman–Crippen LogP) is 3.02. The largest absolute Gasteiger partial charge is 0.336 e. The highest BCUT2D eigenvalue weighted by molar-refractivity contribution is 6.10. The molecule has 0 saturated heterocycles. The Kier molecular flexibility index (Phi) is 6.50. The molecule has 0 unspecified atom stereocenters. The van der Waals surface area contributed by atoms with Crippen LogP contribution in [0.4, 0.5) is 17.2 Å². The minimum atomic E-state index is -0.662. The highest BCUT2D eigenvalue weighted by atomic mass is 16.5. The van der Waals surface area contributed by atoms with Gasteiger partial charge in [0.2, 0.25) is 0 Å². The summed E-state index contributed by atoms with van der Waals surface area (Å²) in [4.78, 5) is 46.8. The van der Waals surface area contributed by atoms with E-state index in [1.54, 1.807) is 18.6 Å². The summed E-state index contributed by atoms with van der Waals surface area (Å²) < 4.78 is 0. The van der Waals surface area contributed by atoms with Gasteiger partial charge in [-0.3, -0.25) is 19.8 Å². The summed E-state index contributed by atoms with van der Waals surface area (Å²) >= 11 is 0. The summed E-state index contributed by atoms with van der Waals surface area (Å²) in [5, 5.41) is 16.5. The fourth-order valence-corrected chi connectivity index (χ4v) is 3.15. The van der Waals surface area contributed by atoms with E-state index < -0.39 is 11.8 Å². The van der Waals surface area contributed by atoms with Crippen molar-refractivity contribution in [1.82, 2.24) is 30.0 Å². The number of rotatable bonds is 8. The molecule has 0 aliphatic heterocycles. The number of nitrogens with zero attached hydrogens (tertiary/aromatic N) is 6. The highest BCUT2D eigenvalue weighted by Crippen LogP contribution is 2.39. The Balaban J connectivity index is 1.62. The Morgan fingerprint density at radius 1 is 1.15 bits per heavy atom. The second kappa shape index (κ2) is 9.65. The molecule has 1 saturated carbocycles. The van der Waals surface area contributed by atoms with Crippen molar-refractivity contribution in [3.05, 3.63) is 60.3 Å². The monoisotopic (exact) mass is 448 g/mol. The number of pyridine rings is 1. The third-order valence-electron chi connectivity index (χ3n) is 4.90. The molecule has 4 rings (SSSR count). The van der Waals surface area contributed by atoms with E-state index in [-0.39, 0.29) is 41.1 Å². The molecular formula is C22H24N8O3. The lowest BCUT2D eigenvalue weighted by atomic mass is 10.1. The Bertz CT molecular complexity index is 1150. The van der Waals surface area contributed by atoms with Crippen molar-refractivity contribution in [2.24, 2.45) is 5.92 Å². The lowest BCUT2D eigenvalue weighted by Gasteiger charge is -2.19. The average molecular weight is 448 g/mol. The fourth-order valence-electron chi connectivity index (χ4n) is 3.15. The second-order valence-electron chi connectivity index (χ2n) is 8.18. The second-order valence-corrected chi connectivity index (χ2v) is 8.18. The minimum absolute atomic E-state index is 0.0599. The molecule has 0 aromatic carbocycles. The smallest absolute Gasteiger partial charge is 0.280 e. The minimum Gasteiger partial charge on any atom is -0.336 e. The van der Waals surface area contributed by atoms with Crippen LogP contribution in [0.15, 0.2) is 43.4 Å². The molecule has 3 aromatic rings.